The van der Waals surface area contributed by atoms with Crippen LogP contribution in [0.25, 0.3) is 0 Å². The minimum absolute atomic E-state index is 0.144. The number of hydrogen-bond donors (Lipinski definition) is 1. The molecular formula is C11H14ClN3O2S2. The molecule has 1 aromatic heterocycles. The Labute approximate surface area is 121 Å². The van der Waals surface area contributed by atoms with Gasteiger partial charge in [-0.2, -0.15) is 9.98 Å². The van der Waals surface area contributed by atoms with Gasteiger partial charge >= 0.3 is 0 Å². The molecule has 0 radical (unpaired) electrons. The maximum atomic E-state index is 12.2. The van der Waals surface area contributed by atoms with Gasteiger partial charge in [-0.3, -0.25) is 0 Å². The molecule has 2 heterocycles. The first-order valence-corrected chi connectivity index (χ1v) is 8.44. The summed E-state index contributed by atoms with van der Waals surface area (Å²) in [6, 6.07) is 5.12. The molecule has 1 fully saturated rings. The molecule has 1 aliphatic rings. The van der Waals surface area contributed by atoms with Gasteiger partial charge in [0.15, 0.2) is 0 Å². The van der Waals surface area contributed by atoms with Crippen molar-refractivity contribution >= 4 is 33.0 Å². The van der Waals surface area contributed by atoms with Gasteiger partial charge in [-0.05, 0) is 32.0 Å². The van der Waals surface area contributed by atoms with Gasteiger partial charge in [0, 0.05) is 13.1 Å². The molecule has 2 rings (SSSR count). The second kappa shape index (κ2) is 5.38. The Balaban J connectivity index is 2.21. The summed E-state index contributed by atoms with van der Waals surface area (Å²) >= 11 is 6.74. The summed E-state index contributed by atoms with van der Waals surface area (Å²) in [5, 5.41) is 9.33. The van der Waals surface area contributed by atoms with Crippen LogP contribution in [0.4, 0.5) is 0 Å². The number of thiophene rings is 1. The molecule has 8 heteroatoms. The van der Waals surface area contributed by atoms with Crippen molar-refractivity contribution in [3.8, 4) is 6.07 Å². The molecule has 0 bridgehead atoms. The fourth-order valence-electron chi connectivity index (χ4n) is 1.99. The summed E-state index contributed by atoms with van der Waals surface area (Å²) in [5.74, 6) is 0. The van der Waals surface area contributed by atoms with Crippen molar-refractivity contribution < 1.29 is 8.42 Å². The van der Waals surface area contributed by atoms with E-state index >= 15 is 0 Å². The maximum absolute atomic E-state index is 12.2. The zero-order chi connectivity index (χ0) is 14.1. The third kappa shape index (κ3) is 3.27. The van der Waals surface area contributed by atoms with Crippen LogP contribution in [0.2, 0.25) is 4.34 Å². The van der Waals surface area contributed by atoms with Gasteiger partial charge in [-0.25, -0.2) is 8.42 Å². The van der Waals surface area contributed by atoms with E-state index in [2.05, 4.69) is 15.7 Å². The zero-order valence-electron chi connectivity index (χ0n) is 10.4. The lowest BCUT2D eigenvalue weighted by molar-refractivity contribution is 0.213. The molecule has 1 aliphatic heterocycles. The average molecular weight is 320 g/mol. The van der Waals surface area contributed by atoms with E-state index < -0.39 is 15.6 Å². The molecule has 0 saturated carbocycles. The minimum atomic E-state index is -3.68. The molecule has 0 spiro atoms. The van der Waals surface area contributed by atoms with E-state index in [1.54, 1.807) is 0 Å². The van der Waals surface area contributed by atoms with Crippen LogP contribution in [0.1, 0.15) is 12.8 Å². The number of rotatable bonds is 3. The first-order chi connectivity index (χ1) is 8.87. The van der Waals surface area contributed by atoms with Gasteiger partial charge in [0.1, 0.15) is 9.75 Å². The lowest BCUT2D eigenvalue weighted by atomic mass is 9.91. The second-order valence-corrected chi connectivity index (χ2v) is 8.29. The van der Waals surface area contributed by atoms with E-state index in [0.717, 1.165) is 11.3 Å². The first-order valence-electron chi connectivity index (χ1n) is 5.76. The van der Waals surface area contributed by atoms with Crippen LogP contribution in [0.15, 0.2) is 16.3 Å². The van der Waals surface area contributed by atoms with Gasteiger partial charge in [0.2, 0.25) is 0 Å². The average Bonchev–Trinajstić information content (AvgIpc) is 2.80. The molecule has 19 heavy (non-hydrogen) atoms. The molecule has 0 unspecified atom stereocenters. The van der Waals surface area contributed by atoms with E-state index in [0.29, 0.717) is 30.3 Å². The molecule has 0 amide bonds. The fraction of sp³-hybridized carbons (Fsp3) is 0.545. The number of nitrogens with zero attached hydrogens (tertiary/aromatic N) is 2. The summed E-state index contributed by atoms with van der Waals surface area (Å²) in [5.41, 5.74) is -1.01. The van der Waals surface area contributed by atoms with E-state index in [4.69, 9.17) is 11.6 Å². The highest BCUT2D eigenvalue weighted by atomic mass is 35.5. The molecule has 1 N–H and O–H groups in total. The smallest absolute Gasteiger partial charge is 0.251 e. The number of halogens is 1. The third-order valence-corrected chi connectivity index (χ3v) is 6.46. The predicted octanol–water partition coefficient (Wildman–Crippen LogP) is 1.67. The Morgan fingerprint density at radius 1 is 1.47 bits per heavy atom. The highest BCUT2D eigenvalue weighted by Gasteiger charge is 2.38. The topological polar surface area (TPSA) is 73.2 Å². The molecule has 0 atom stereocenters. The summed E-state index contributed by atoms with van der Waals surface area (Å²) in [7, 11) is -1.73. The summed E-state index contributed by atoms with van der Waals surface area (Å²) < 4.78 is 27.6. The zero-order valence-corrected chi connectivity index (χ0v) is 12.8. The van der Waals surface area contributed by atoms with Crippen molar-refractivity contribution in [2.45, 2.75) is 22.6 Å². The van der Waals surface area contributed by atoms with Gasteiger partial charge in [0.05, 0.1) is 10.4 Å². The Hall–Kier alpha value is -0.650. The molecule has 1 aromatic rings. The van der Waals surface area contributed by atoms with Crippen molar-refractivity contribution in [2.75, 3.05) is 20.1 Å². The molecule has 5 nitrogen and oxygen atoms in total. The Morgan fingerprint density at radius 3 is 2.58 bits per heavy atom. The lowest BCUT2D eigenvalue weighted by Gasteiger charge is -2.35. The van der Waals surface area contributed by atoms with Crippen LogP contribution in [0.5, 0.6) is 0 Å². The number of piperidine rings is 1. The Kier molecular flexibility index (Phi) is 4.18. The third-order valence-electron chi connectivity index (χ3n) is 3.20. The van der Waals surface area contributed by atoms with Crippen LogP contribution < -0.4 is 4.72 Å². The largest absolute Gasteiger partial charge is 0.306 e. The van der Waals surface area contributed by atoms with Crippen molar-refractivity contribution in [3.63, 3.8) is 0 Å². The minimum Gasteiger partial charge on any atom is -0.306 e. The second-order valence-electron chi connectivity index (χ2n) is 4.66. The molecule has 0 aromatic carbocycles. The van der Waals surface area contributed by atoms with E-state index in [9.17, 15) is 13.7 Å². The lowest BCUT2D eigenvalue weighted by Crippen LogP contribution is -2.53. The van der Waals surface area contributed by atoms with Crippen molar-refractivity contribution in [2.24, 2.45) is 0 Å². The molecule has 0 aliphatic carbocycles. The quantitative estimate of drug-likeness (QED) is 0.919. The van der Waals surface area contributed by atoms with E-state index in [-0.39, 0.29) is 4.21 Å². The molecule has 1 saturated heterocycles. The van der Waals surface area contributed by atoms with Crippen LogP contribution >= 0.6 is 22.9 Å². The van der Waals surface area contributed by atoms with Crippen LogP contribution in [-0.4, -0.2) is 39.0 Å². The standard InChI is InChI=1S/C11H14ClN3O2S2/c1-15-6-4-11(8-13,5-7-15)14-19(16,17)10-3-2-9(12)18-10/h2-3,14H,4-7H2,1H3. The number of nitriles is 1. The molecular weight excluding hydrogens is 306 g/mol. The number of nitrogens with one attached hydrogen (secondary N) is 1. The highest BCUT2D eigenvalue weighted by Crippen LogP contribution is 2.28. The normalized spacial score (nSPS) is 20.1. The number of likely N-dealkylation sites (tertiary alicyclic amines) is 1. The monoisotopic (exact) mass is 319 g/mol. The first kappa shape index (κ1) is 14.8. The van der Waals surface area contributed by atoms with Gasteiger partial charge in [-0.1, -0.05) is 11.6 Å². The molecule has 104 valence electrons. The van der Waals surface area contributed by atoms with Crippen LogP contribution in [-0.2, 0) is 10.0 Å². The van der Waals surface area contributed by atoms with Crippen molar-refractivity contribution in [1.29, 1.82) is 5.26 Å². The number of sulfonamides is 1. The SMILES string of the molecule is CN1CCC(C#N)(NS(=O)(=O)c2ccc(Cl)s2)CC1. The van der Waals surface area contributed by atoms with Gasteiger partial charge in [0.25, 0.3) is 10.0 Å². The summed E-state index contributed by atoms with van der Waals surface area (Å²) in [6.07, 6.45) is 0.969. The van der Waals surface area contributed by atoms with Gasteiger partial charge in [-0.15, -0.1) is 11.3 Å². The van der Waals surface area contributed by atoms with Crippen molar-refractivity contribution in [1.82, 2.24) is 9.62 Å². The van der Waals surface area contributed by atoms with Crippen LogP contribution in [0, 0.1) is 11.3 Å². The maximum Gasteiger partial charge on any atom is 0.251 e. The Morgan fingerprint density at radius 2 is 2.11 bits per heavy atom. The van der Waals surface area contributed by atoms with E-state index in [1.807, 2.05) is 7.05 Å². The summed E-state index contributed by atoms with van der Waals surface area (Å²) in [4.78, 5) is 2.08. The van der Waals surface area contributed by atoms with Crippen molar-refractivity contribution in [3.05, 3.63) is 16.5 Å². The van der Waals surface area contributed by atoms with Gasteiger partial charge < -0.3 is 4.90 Å². The fourth-order valence-corrected chi connectivity index (χ4v) is 4.85. The van der Waals surface area contributed by atoms with E-state index in [1.165, 1.54) is 12.1 Å². The number of hydrogen-bond acceptors (Lipinski definition) is 5. The predicted molar refractivity (Wildman–Crippen MR) is 74.7 cm³/mol. The summed E-state index contributed by atoms with van der Waals surface area (Å²) in [6.45, 7) is 1.39. The highest BCUT2D eigenvalue weighted by molar-refractivity contribution is 7.91. The Bertz CT molecular complexity index is 598. The van der Waals surface area contributed by atoms with Crippen LogP contribution in [0.3, 0.4) is 0 Å².